The Morgan fingerprint density at radius 1 is 1.50 bits per heavy atom. The van der Waals surface area contributed by atoms with Crippen LogP contribution in [0, 0.1) is 19.8 Å². The van der Waals surface area contributed by atoms with Crippen molar-refractivity contribution in [2.24, 2.45) is 5.92 Å². The summed E-state index contributed by atoms with van der Waals surface area (Å²) in [6.45, 7) is 6.37. The van der Waals surface area contributed by atoms with E-state index in [1.807, 2.05) is 0 Å². The quantitative estimate of drug-likeness (QED) is 0.834. The van der Waals surface area contributed by atoms with E-state index in [4.69, 9.17) is 4.74 Å². The number of hydrogen-bond donors (Lipinski definition) is 1. The molecule has 1 aromatic heterocycles. The summed E-state index contributed by atoms with van der Waals surface area (Å²) in [5.74, 6) is 0.328. The molecule has 0 amide bonds. The molecule has 1 heterocycles. The highest BCUT2D eigenvalue weighted by atomic mass is 32.1. The van der Waals surface area contributed by atoms with Crippen LogP contribution in [0.1, 0.15) is 41.1 Å². The number of carbonyl (C=O) groups is 1. The molecule has 2 rings (SSSR count). The number of thiophene rings is 1. The molecule has 0 spiro atoms. The molecule has 3 nitrogen and oxygen atoms in total. The molecule has 100 valence electrons. The molecule has 1 aliphatic carbocycles. The van der Waals surface area contributed by atoms with Crippen molar-refractivity contribution in [1.82, 2.24) is 5.32 Å². The van der Waals surface area contributed by atoms with Gasteiger partial charge in [-0.25, -0.2) is 0 Å². The largest absolute Gasteiger partial charge is 0.468 e. The van der Waals surface area contributed by atoms with E-state index in [2.05, 4.69) is 32.2 Å². The van der Waals surface area contributed by atoms with Crippen LogP contribution in [0.15, 0.2) is 6.07 Å². The van der Waals surface area contributed by atoms with Gasteiger partial charge in [-0.3, -0.25) is 10.1 Å². The Kier molecular flexibility index (Phi) is 4.07. The van der Waals surface area contributed by atoms with Gasteiger partial charge < -0.3 is 4.74 Å². The third kappa shape index (κ3) is 2.93. The zero-order chi connectivity index (χ0) is 13.3. The second-order valence-corrected chi connectivity index (χ2v) is 6.56. The minimum atomic E-state index is -0.149. The molecule has 18 heavy (non-hydrogen) atoms. The highest BCUT2D eigenvalue weighted by Crippen LogP contribution is 2.35. The molecular formula is C14H21NO2S. The van der Waals surface area contributed by atoms with Crippen molar-refractivity contribution in [3.05, 3.63) is 21.4 Å². The summed E-state index contributed by atoms with van der Waals surface area (Å²) >= 11 is 1.81. The topological polar surface area (TPSA) is 38.3 Å². The van der Waals surface area contributed by atoms with Gasteiger partial charge in [-0.05, 0) is 51.2 Å². The van der Waals surface area contributed by atoms with Gasteiger partial charge in [0.1, 0.15) is 6.04 Å². The normalized spacial score (nSPS) is 18.4. The lowest BCUT2D eigenvalue weighted by Gasteiger charge is -2.21. The lowest BCUT2D eigenvalue weighted by molar-refractivity contribution is -0.144. The maximum atomic E-state index is 11.8. The second kappa shape index (κ2) is 5.41. The van der Waals surface area contributed by atoms with Crippen LogP contribution in [0.25, 0.3) is 0 Å². The molecule has 4 heteroatoms. The van der Waals surface area contributed by atoms with Gasteiger partial charge in [0.05, 0.1) is 7.11 Å². The Labute approximate surface area is 113 Å². The van der Waals surface area contributed by atoms with Crippen molar-refractivity contribution < 1.29 is 9.53 Å². The van der Waals surface area contributed by atoms with Gasteiger partial charge in [-0.15, -0.1) is 11.3 Å². The van der Waals surface area contributed by atoms with Crippen molar-refractivity contribution in [2.45, 2.75) is 45.7 Å². The fourth-order valence-corrected chi connectivity index (χ4v) is 3.42. The first-order chi connectivity index (χ1) is 8.52. The molecule has 0 aliphatic heterocycles. The number of nitrogens with one attached hydrogen (secondary N) is 1. The number of hydrogen-bond acceptors (Lipinski definition) is 4. The highest BCUT2D eigenvalue weighted by Gasteiger charge is 2.37. The first-order valence-corrected chi connectivity index (χ1v) is 7.25. The first-order valence-electron chi connectivity index (χ1n) is 6.43. The van der Waals surface area contributed by atoms with Crippen molar-refractivity contribution in [3.63, 3.8) is 0 Å². The summed E-state index contributed by atoms with van der Waals surface area (Å²) < 4.78 is 4.89. The van der Waals surface area contributed by atoms with E-state index in [9.17, 15) is 4.79 Å². The molecule has 0 bridgehead atoms. The van der Waals surface area contributed by atoms with Gasteiger partial charge >= 0.3 is 5.97 Å². The van der Waals surface area contributed by atoms with Crippen LogP contribution in [-0.4, -0.2) is 19.1 Å². The molecule has 1 fully saturated rings. The van der Waals surface area contributed by atoms with Gasteiger partial charge in [0.2, 0.25) is 0 Å². The van der Waals surface area contributed by atoms with Crippen molar-refractivity contribution in [3.8, 4) is 0 Å². The van der Waals surface area contributed by atoms with Crippen LogP contribution in [0.2, 0.25) is 0 Å². The van der Waals surface area contributed by atoms with Crippen LogP contribution in [0.5, 0.6) is 0 Å². The molecule has 1 aliphatic rings. The number of aryl methyl sites for hydroxylation is 2. The first kappa shape index (κ1) is 13.6. The average molecular weight is 267 g/mol. The van der Waals surface area contributed by atoms with E-state index >= 15 is 0 Å². The standard InChI is InChI=1S/C14H21NO2S/c1-8-7-12(10(3)18-8)9(2)15-13(11-5-6-11)14(16)17-4/h7,9,11,13,15H,5-6H2,1-4H3. The third-order valence-corrected chi connectivity index (χ3v) is 4.51. The Morgan fingerprint density at radius 2 is 2.17 bits per heavy atom. The molecule has 2 atom stereocenters. The highest BCUT2D eigenvalue weighted by molar-refractivity contribution is 7.12. The maximum Gasteiger partial charge on any atom is 0.323 e. The minimum Gasteiger partial charge on any atom is -0.468 e. The fraction of sp³-hybridized carbons (Fsp3) is 0.643. The zero-order valence-electron chi connectivity index (χ0n) is 11.4. The molecule has 1 saturated carbocycles. The van der Waals surface area contributed by atoms with E-state index in [-0.39, 0.29) is 18.1 Å². The number of esters is 1. The summed E-state index contributed by atoms with van der Waals surface area (Å²) in [5, 5.41) is 3.43. The predicted molar refractivity (Wildman–Crippen MR) is 73.9 cm³/mol. The van der Waals surface area contributed by atoms with E-state index < -0.39 is 0 Å². The van der Waals surface area contributed by atoms with Crippen LogP contribution in [0.4, 0.5) is 0 Å². The molecule has 0 saturated heterocycles. The number of ether oxygens (including phenoxy) is 1. The zero-order valence-corrected chi connectivity index (χ0v) is 12.3. The lowest BCUT2D eigenvalue weighted by Crippen LogP contribution is -2.40. The van der Waals surface area contributed by atoms with E-state index in [0.29, 0.717) is 5.92 Å². The van der Waals surface area contributed by atoms with Crippen molar-refractivity contribution in [1.29, 1.82) is 0 Å². The van der Waals surface area contributed by atoms with Crippen LogP contribution in [-0.2, 0) is 9.53 Å². The summed E-state index contributed by atoms with van der Waals surface area (Å²) in [6, 6.07) is 2.25. The number of rotatable bonds is 5. The molecule has 1 N–H and O–H groups in total. The molecule has 1 aromatic rings. The van der Waals surface area contributed by atoms with Crippen LogP contribution in [0.3, 0.4) is 0 Å². The maximum absolute atomic E-state index is 11.8. The number of methoxy groups -OCH3 is 1. The fourth-order valence-electron chi connectivity index (χ4n) is 2.39. The summed E-state index contributed by atoms with van der Waals surface area (Å²) in [7, 11) is 1.46. The van der Waals surface area contributed by atoms with E-state index in [1.165, 1.54) is 22.4 Å². The predicted octanol–water partition coefficient (Wildman–Crippen LogP) is 2.97. The Bertz CT molecular complexity index is 437. The van der Waals surface area contributed by atoms with E-state index in [1.54, 1.807) is 11.3 Å². The lowest BCUT2D eigenvalue weighted by atomic mass is 10.1. The van der Waals surface area contributed by atoms with Gasteiger partial charge in [0, 0.05) is 15.8 Å². The summed E-state index contributed by atoms with van der Waals surface area (Å²) in [4.78, 5) is 14.4. The average Bonchev–Trinajstić information content (AvgIpc) is 3.10. The Hall–Kier alpha value is -0.870. The molecular weight excluding hydrogens is 246 g/mol. The van der Waals surface area contributed by atoms with Crippen molar-refractivity contribution >= 4 is 17.3 Å². The van der Waals surface area contributed by atoms with Crippen LogP contribution < -0.4 is 5.32 Å². The smallest absolute Gasteiger partial charge is 0.323 e. The van der Waals surface area contributed by atoms with E-state index in [0.717, 1.165) is 12.8 Å². The Balaban J connectivity index is 2.07. The summed E-state index contributed by atoms with van der Waals surface area (Å²) in [6.07, 6.45) is 2.25. The van der Waals surface area contributed by atoms with Gasteiger partial charge in [-0.2, -0.15) is 0 Å². The second-order valence-electron chi connectivity index (χ2n) is 5.10. The minimum absolute atomic E-state index is 0.131. The Morgan fingerprint density at radius 3 is 2.61 bits per heavy atom. The van der Waals surface area contributed by atoms with Gasteiger partial charge in [0.15, 0.2) is 0 Å². The number of carbonyl (C=O) groups excluding carboxylic acids is 1. The SMILES string of the molecule is COC(=O)C(NC(C)c1cc(C)sc1C)C1CC1. The summed E-state index contributed by atoms with van der Waals surface area (Å²) in [5.41, 5.74) is 1.30. The molecule has 2 unspecified atom stereocenters. The van der Waals surface area contributed by atoms with Crippen molar-refractivity contribution in [2.75, 3.05) is 7.11 Å². The van der Waals surface area contributed by atoms with Gasteiger partial charge in [-0.1, -0.05) is 0 Å². The molecule has 0 radical (unpaired) electrons. The third-order valence-electron chi connectivity index (χ3n) is 3.52. The van der Waals surface area contributed by atoms with Gasteiger partial charge in [0.25, 0.3) is 0 Å². The molecule has 0 aromatic carbocycles. The monoisotopic (exact) mass is 267 g/mol. The van der Waals surface area contributed by atoms with Crippen LogP contribution >= 0.6 is 11.3 Å².